The van der Waals surface area contributed by atoms with E-state index >= 15 is 0 Å². The average molecular weight is 438 g/mol. The predicted molar refractivity (Wildman–Crippen MR) is 118 cm³/mol. The molecule has 0 saturated heterocycles. The highest BCUT2D eigenvalue weighted by atomic mass is 16.5. The third-order valence-corrected chi connectivity index (χ3v) is 5.36. The van der Waals surface area contributed by atoms with E-state index in [1.165, 1.54) is 26.0 Å². The molecule has 0 aliphatic heterocycles. The van der Waals surface area contributed by atoms with Crippen LogP contribution in [0.4, 0.5) is 0 Å². The van der Waals surface area contributed by atoms with Crippen LogP contribution in [0, 0.1) is 0 Å². The van der Waals surface area contributed by atoms with Crippen LogP contribution in [0.2, 0.25) is 0 Å². The van der Waals surface area contributed by atoms with Gasteiger partial charge >= 0.3 is 5.69 Å². The Morgan fingerprint density at radius 2 is 1.72 bits per heavy atom. The SMILES string of the molecule is COc1cc(C(=O)NCCn2nc(C3CC3)n(-c3ccccc3)c2=O)cc(OC)c1OC. The minimum atomic E-state index is -0.317. The highest BCUT2D eigenvalue weighted by molar-refractivity contribution is 5.95. The summed E-state index contributed by atoms with van der Waals surface area (Å²) >= 11 is 0. The molecule has 1 amide bonds. The molecule has 4 rings (SSSR count). The number of carbonyl (C=O) groups excluding carboxylic acids is 1. The molecule has 0 spiro atoms. The maximum Gasteiger partial charge on any atom is 0.350 e. The van der Waals surface area contributed by atoms with Crippen LogP contribution in [-0.4, -0.2) is 48.1 Å². The molecular formula is C23H26N4O5. The number of carbonyl (C=O) groups is 1. The van der Waals surface area contributed by atoms with Crippen LogP contribution >= 0.6 is 0 Å². The summed E-state index contributed by atoms with van der Waals surface area (Å²) in [5.74, 6) is 1.96. The van der Waals surface area contributed by atoms with E-state index in [2.05, 4.69) is 10.4 Å². The van der Waals surface area contributed by atoms with E-state index in [1.807, 2.05) is 30.3 Å². The van der Waals surface area contributed by atoms with Crippen molar-refractivity contribution in [1.82, 2.24) is 19.7 Å². The number of aromatic nitrogens is 3. The number of amides is 1. The molecule has 0 bridgehead atoms. The van der Waals surface area contributed by atoms with Gasteiger partial charge < -0.3 is 19.5 Å². The Kier molecular flexibility index (Phi) is 6.16. The third kappa shape index (κ3) is 4.18. The number of nitrogens with zero attached hydrogens (tertiary/aromatic N) is 3. The van der Waals surface area contributed by atoms with Gasteiger partial charge in [0.2, 0.25) is 5.75 Å². The highest BCUT2D eigenvalue weighted by Gasteiger charge is 2.31. The maximum atomic E-state index is 13.0. The number of hydrogen-bond donors (Lipinski definition) is 1. The molecule has 1 aliphatic rings. The minimum Gasteiger partial charge on any atom is -0.493 e. The molecule has 1 aliphatic carbocycles. The summed E-state index contributed by atoms with van der Waals surface area (Å²) < 4.78 is 19.0. The third-order valence-electron chi connectivity index (χ3n) is 5.36. The Labute approximate surface area is 185 Å². The highest BCUT2D eigenvalue weighted by Crippen LogP contribution is 2.39. The van der Waals surface area contributed by atoms with Gasteiger partial charge in [-0.1, -0.05) is 18.2 Å². The first-order chi connectivity index (χ1) is 15.6. The summed E-state index contributed by atoms with van der Waals surface area (Å²) in [7, 11) is 4.49. The van der Waals surface area contributed by atoms with E-state index in [4.69, 9.17) is 14.2 Å². The molecule has 2 aromatic carbocycles. The van der Waals surface area contributed by atoms with Crippen molar-refractivity contribution in [3.63, 3.8) is 0 Å². The fourth-order valence-corrected chi connectivity index (χ4v) is 3.59. The lowest BCUT2D eigenvalue weighted by molar-refractivity contribution is 0.0951. The van der Waals surface area contributed by atoms with E-state index in [-0.39, 0.29) is 24.7 Å². The van der Waals surface area contributed by atoms with E-state index < -0.39 is 0 Å². The van der Waals surface area contributed by atoms with Gasteiger partial charge in [-0.15, -0.1) is 0 Å². The van der Waals surface area contributed by atoms with Crippen LogP contribution in [0.5, 0.6) is 17.2 Å². The van der Waals surface area contributed by atoms with Gasteiger partial charge in [0, 0.05) is 18.0 Å². The first kappa shape index (κ1) is 21.5. The lowest BCUT2D eigenvalue weighted by Crippen LogP contribution is -2.32. The fourth-order valence-electron chi connectivity index (χ4n) is 3.59. The van der Waals surface area contributed by atoms with Crippen molar-refractivity contribution in [2.75, 3.05) is 27.9 Å². The van der Waals surface area contributed by atoms with Crippen LogP contribution < -0.4 is 25.2 Å². The first-order valence-corrected chi connectivity index (χ1v) is 10.4. The van der Waals surface area contributed by atoms with Gasteiger partial charge in [-0.05, 0) is 37.1 Å². The molecule has 1 heterocycles. The Hall–Kier alpha value is -3.75. The molecule has 9 nitrogen and oxygen atoms in total. The number of hydrogen-bond acceptors (Lipinski definition) is 6. The number of para-hydroxylation sites is 1. The lowest BCUT2D eigenvalue weighted by Gasteiger charge is -2.14. The summed E-state index contributed by atoms with van der Waals surface area (Å²) in [5.41, 5.74) is 0.951. The van der Waals surface area contributed by atoms with Crippen molar-refractivity contribution < 1.29 is 19.0 Å². The molecule has 1 fully saturated rings. The second-order valence-electron chi connectivity index (χ2n) is 7.48. The Morgan fingerprint density at radius 1 is 1.06 bits per heavy atom. The summed E-state index contributed by atoms with van der Waals surface area (Å²) in [4.78, 5) is 25.7. The molecule has 0 unspecified atom stereocenters. The second-order valence-corrected chi connectivity index (χ2v) is 7.48. The smallest absolute Gasteiger partial charge is 0.350 e. The van der Waals surface area contributed by atoms with Crippen LogP contribution in [-0.2, 0) is 6.54 Å². The molecule has 0 radical (unpaired) electrons. The van der Waals surface area contributed by atoms with Gasteiger partial charge in [0.05, 0.1) is 33.6 Å². The number of nitrogens with one attached hydrogen (secondary N) is 1. The van der Waals surface area contributed by atoms with Crippen LogP contribution in [0.25, 0.3) is 5.69 Å². The maximum absolute atomic E-state index is 13.0. The van der Waals surface area contributed by atoms with Gasteiger partial charge in [-0.25, -0.2) is 14.0 Å². The zero-order chi connectivity index (χ0) is 22.7. The van der Waals surface area contributed by atoms with Crippen LogP contribution in [0.3, 0.4) is 0 Å². The summed E-state index contributed by atoms with van der Waals surface area (Å²) in [6.07, 6.45) is 2.06. The Morgan fingerprint density at radius 3 is 2.28 bits per heavy atom. The number of rotatable bonds is 9. The number of ether oxygens (including phenoxy) is 3. The first-order valence-electron chi connectivity index (χ1n) is 10.4. The van der Waals surface area contributed by atoms with Crippen molar-refractivity contribution >= 4 is 5.91 Å². The van der Waals surface area contributed by atoms with E-state index in [0.29, 0.717) is 28.7 Å². The largest absolute Gasteiger partial charge is 0.493 e. The van der Waals surface area contributed by atoms with Crippen molar-refractivity contribution in [2.45, 2.75) is 25.3 Å². The zero-order valence-electron chi connectivity index (χ0n) is 18.3. The van der Waals surface area contributed by atoms with Gasteiger partial charge in [-0.3, -0.25) is 4.79 Å². The molecule has 9 heteroatoms. The zero-order valence-corrected chi connectivity index (χ0v) is 18.3. The predicted octanol–water partition coefficient (Wildman–Crippen LogP) is 2.37. The lowest BCUT2D eigenvalue weighted by atomic mass is 10.1. The molecular weight excluding hydrogens is 412 g/mol. The summed E-state index contributed by atoms with van der Waals surface area (Å²) in [6.45, 7) is 0.500. The Bertz CT molecular complexity index is 1140. The molecule has 3 aromatic rings. The number of methoxy groups -OCH3 is 3. The molecule has 32 heavy (non-hydrogen) atoms. The van der Waals surface area contributed by atoms with Crippen molar-refractivity contribution in [3.8, 4) is 22.9 Å². The van der Waals surface area contributed by atoms with Crippen LogP contribution in [0.15, 0.2) is 47.3 Å². The summed E-state index contributed by atoms with van der Waals surface area (Å²) in [5, 5.41) is 7.38. The monoisotopic (exact) mass is 438 g/mol. The van der Waals surface area contributed by atoms with E-state index in [0.717, 1.165) is 24.4 Å². The van der Waals surface area contributed by atoms with E-state index in [9.17, 15) is 9.59 Å². The standard InChI is InChI=1S/C23H26N4O5/c1-30-18-13-16(14-19(31-2)20(18)32-3)22(28)24-11-12-26-23(29)27(17-7-5-4-6-8-17)21(25-26)15-9-10-15/h4-8,13-15H,9-12H2,1-3H3,(H,24,28). The van der Waals surface area contributed by atoms with Crippen LogP contribution in [0.1, 0.15) is 34.9 Å². The average Bonchev–Trinajstić information content (AvgIpc) is 3.62. The molecule has 1 N–H and O–H groups in total. The van der Waals surface area contributed by atoms with E-state index in [1.54, 1.807) is 16.7 Å². The van der Waals surface area contributed by atoms with Gasteiger partial charge in [0.1, 0.15) is 5.82 Å². The van der Waals surface area contributed by atoms with Crippen molar-refractivity contribution in [3.05, 3.63) is 64.3 Å². The minimum absolute atomic E-state index is 0.208. The van der Waals surface area contributed by atoms with Gasteiger partial charge in [0.25, 0.3) is 5.91 Å². The molecule has 1 saturated carbocycles. The molecule has 168 valence electrons. The van der Waals surface area contributed by atoms with Crippen molar-refractivity contribution in [2.24, 2.45) is 0 Å². The van der Waals surface area contributed by atoms with Gasteiger partial charge in [0.15, 0.2) is 11.5 Å². The molecule has 0 atom stereocenters. The van der Waals surface area contributed by atoms with Gasteiger partial charge in [-0.2, -0.15) is 5.10 Å². The second kappa shape index (κ2) is 9.17. The van der Waals surface area contributed by atoms with Crippen molar-refractivity contribution in [1.29, 1.82) is 0 Å². The number of benzene rings is 2. The Balaban J connectivity index is 1.50. The summed E-state index contributed by atoms with van der Waals surface area (Å²) in [6, 6.07) is 12.7. The quantitative estimate of drug-likeness (QED) is 0.551. The normalized spacial score (nSPS) is 13.0. The molecule has 1 aromatic heterocycles. The fraction of sp³-hybridized carbons (Fsp3) is 0.348. The topological polar surface area (TPSA) is 96.6 Å².